The van der Waals surface area contributed by atoms with Crippen LogP contribution in [0.4, 0.5) is 0 Å². The number of hydrogen-bond acceptors (Lipinski definition) is 4. The van der Waals surface area contributed by atoms with Crippen molar-refractivity contribution in [1.82, 2.24) is 0 Å². The summed E-state index contributed by atoms with van der Waals surface area (Å²) in [4.78, 5) is 11.1. The van der Waals surface area contributed by atoms with Crippen LogP contribution in [-0.4, -0.2) is 25.7 Å². The Balaban J connectivity index is 3.72. The highest BCUT2D eigenvalue weighted by Crippen LogP contribution is 2.00. The van der Waals surface area contributed by atoms with Crippen LogP contribution in [0, 0.1) is 0 Å². The van der Waals surface area contributed by atoms with Gasteiger partial charge in [0.05, 0.1) is 0 Å². The molecule has 0 bridgehead atoms. The molecule has 0 saturated carbocycles. The van der Waals surface area contributed by atoms with Crippen molar-refractivity contribution >= 4 is 5.97 Å². The molecule has 0 unspecified atom stereocenters. The molecule has 0 aromatic rings. The molecule has 13 heavy (non-hydrogen) atoms. The standard InChI is InChI=1S/C9H18N2O2/c1-8(4-2-3-5-10)9(12)13-7-6-11/h4H,2-3,5-7,10-11H2,1H3. The van der Waals surface area contributed by atoms with Gasteiger partial charge in [0.15, 0.2) is 0 Å². The Labute approximate surface area is 78.9 Å². The van der Waals surface area contributed by atoms with Crippen LogP contribution >= 0.6 is 0 Å². The molecule has 0 rings (SSSR count). The highest BCUT2D eigenvalue weighted by Gasteiger charge is 2.03. The fraction of sp³-hybridized carbons (Fsp3) is 0.667. The van der Waals surface area contributed by atoms with E-state index < -0.39 is 0 Å². The lowest BCUT2D eigenvalue weighted by Gasteiger charge is -2.02. The van der Waals surface area contributed by atoms with Crippen LogP contribution in [0.3, 0.4) is 0 Å². The molecule has 4 heteroatoms. The summed E-state index contributed by atoms with van der Waals surface area (Å²) < 4.78 is 4.82. The van der Waals surface area contributed by atoms with Crippen molar-refractivity contribution < 1.29 is 9.53 Å². The van der Waals surface area contributed by atoms with Gasteiger partial charge in [-0.3, -0.25) is 0 Å². The van der Waals surface area contributed by atoms with E-state index >= 15 is 0 Å². The molecule has 0 aromatic carbocycles. The summed E-state index contributed by atoms with van der Waals surface area (Å²) in [6.07, 6.45) is 3.55. The first-order valence-corrected chi connectivity index (χ1v) is 4.46. The third kappa shape index (κ3) is 6.31. The van der Waals surface area contributed by atoms with E-state index in [1.54, 1.807) is 6.92 Å². The van der Waals surface area contributed by atoms with Crippen LogP contribution in [0.15, 0.2) is 11.6 Å². The zero-order valence-electron chi connectivity index (χ0n) is 8.08. The van der Waals surface area contributed by atoms with Crippen molar-refractivity contribution in [3.63, 3.8) is 0 Å². The van der Waals surface area contributed by atoms with E-state index in [0.29, 0.717) is 18.7 Å². The van der Waals surface area contributed by atoms with Crippen molar-refractivity contribution in [1.29, 1.82) is 0 Å². The Hall–Kier alpha value is -0.870. The van der Waals surface area contributed by atoms with Gasteiger partial charge in [0.2, 0.25) is 0 Å². The molecule has 0 amide bonds. The van der Waals surface area contributed by atoms with Crippen LogP contribution in [0.25, 0.3) is 0 Å². The van der Waals surface area contributed by atoms with Gasteiger partial charge in [-0.1, -0.05) is 6.08 Å². The van der Waals surface area contributed by atoms with E-state index in [9.17, 15) is 4.79 Å². The van der Waals surface area contributed by atoms with Crippen LogP contribution in [0.1, 0.15) is 19.8 Å². The summed E-state index contributed by atoms with van der Waals surface area (Å²) >= 11 is 0. The lowest BCUT2D eigenvalue weighted by Crippen LogP contribution is -2.14. The number of rotatable bonds is 6. The number of carbonyl (C=O) groups excluding carboxylic acids is 1. The van der Waals surface area contributed by atoms with Crippen molar-refractivity contribution in [2.24, 2.45) is 11.5 Å². The largest absolute Gasteiger partial charge is 0.461 e. The summed E-state index contributed by atoms with van der Waals surface area (Å²) in [6.45, 7) is 3.01. The van der Waals surface area contributed by atoms with Gasteiger partial charge in [0.1, 0.15) is 6.61 Å². The minimum absolute atomic E-state index is 0.279. The second-order valence-corrected chi connectivity index (χ2v) is 2.74. The predicted octanol–water partition coefficient (Wildman–Crippen LogP) is 0.174. The fourth-order valence-electron chi connectivity index (χ4n) is 0.785. The molecule has 0 atom stereocenters. The average Bonchev–Trinajstić information content (AvgIpc) is 2.14. The van der Waals surface area contributed by atoms with Gasteiger partial charge < -0.3 is 16.2 Å². The van der Waals surface area contributed by atoms with Gasteiger partial charge in [-0.05, 0) is 26.3 Å². The lowest BCUT2D eigenvalue weighted by molar-refractivity contribution is -0.138. The Kier molecular flexibility index (Phi) is 7.24. The molecule has 4 N–H and O–H groups in total. The van der Waals surface area contributed by atoms with Gasteiger partial charge in [-0.25, -0.2) is 4.79 Å². The Morgan fingerprint density at radius 3 is 2.62 bits per heavy atom. The number of unbranched alkanes of at least 4 members (excludes halogenated alkanes) is 1. The van der Waals surface area contributed by atoms with Crippen molar-refractivity contribution in [3.8, 4) is 0 Å². The number of hydrogen-bond donors (Lipinski definition) is 2. The molecule has 0 aliphatic heterocycles. The van der Waals surface area contributed by atoms with Crippen molar-refractivity contribution in [2.45, 2.75) is 19.8 Å². The van der Waals surface area contributed by atoms with Gasteiger partial charge in [0, 0.05) is 12.1 Å². The number of ether oxygens (including phenoxy) is 1. The second-order valence-electron chi connectivity index (χ2n) is 2.74. The highest BCUT2D eigenvalue weighted by atomic mass is 16.5. The Bertz CT molecular complexity index is 178. The quantitative estimate of drug-likeness (QED) is 0.352. The maximum absolute atomic E-state index is 11.1. The van der Waals surface area contributed by atoms with E-state index in [0.717, 1.165) is 12.8 Å². The number of nitrogens with two attached hydrogens (primary N) is 2. The number of allylic oxidation sites excluding steroid dienone is 1. The monoisotopic (exact) mass is 186 g/mol. The lowest BCUT2D eigenvalue weighted by atomic mass is 10.2. The molecule has 0 aromatic heterocycles. The zero-order chi connectivity index (χ0) is 10.1. The van der Waals surface area contributed by atoms with Crippen molar-refractivity contribution in [3.05, 3.63) is 11.6 Å². The SMILES string of the molecule is CC(=CCCCN)C(=O)OCCN. The van der Waals surface area contributed by atoms with Crippen LogP contribution in [0.5, 0.6) is 0 Å². The first-order chi connectivity index (χ1) is 6.22. The molecule has 4 nitrogen and oxygen atoms in total. The molecule has 0 spiro atoms. The number of carbonyl (C=O) groups is 1. The highest BCUT2D eigenvalue weighted by molar-refractivity contribution is 5.87. The molecule has 0 fully saturated rings. The molecule has 0 heterocycles. The maximum atomic E-state index is 11.1. The van der Waals surface area contributed by atoms with Crippen molar-refractivity contribution in [2.75, 3.05) is 19.7 Å². The van der Waals surface area contributed by atoms with Crippen LogP contribution < -0.4 is 11.5 Å². The van der Waals surface area contributed by atoms with Gasteiger partial charge in [-0.15, -0.1) is 0 Å². The molecule has 76 valence electrons. The summed E-state index contributed by atoms with van der Waals surface area (Å²) in [5.74, 6) is -0.289. The molecule has 0 radical (unpaired) electrons. The summed E-state index contributed by atoms with van der Waals surface area (Å²) in [5, 5.41) is 0. The molecular weight excluding hydrogens is 168 g/mol. The van der Waals surface area contributed by atoms with E-state index in [2.05, 4.69) is 0 Å². The molecular formula is C9H18N2O2. The third-order valence-corrected chi connectivity index (χ3v) is 1.53. The normalized spacial score (nSPS) is 11.5. The summed E-state index contributed by atoms with van der Waals surface area (Å²) in [5.41, 5.74) is 11.1. The maximum Gasteiger partial charge on any atom is 0.333 e. The molecule has 0 aliphatic carbocycles. The van der Waals surface area contributed by atoms with E-state index in [1.165, 1.54) is 0 Å². The smallest absolute Gasteiger partial charge is 0.333 e. The summed E-state index contributed by atoms with van der Waals surface area (Å²) in [6, 6.07) is 0. The van der Waals surface area contributed by atoms with E-state index in [1.807, 2.05) is 6.08 Å². The fourth-order valence-corrected chi connectivity index (χ4v) is 0.785. The molecule has 0 saturated heterocycles. The van der Waals surface area contributed by atoms with Crippen LogP contribution in [0.2, 0.25) is 0 Å². The number of esters is 1. The first-order valence-electron chi connectivity index (χ1n) is 4.46. The van der Waals surface area contributed by atoms with E-state index in [-0.39, 0.29) is 12.6 Å². The minimum atomic E-state index is -0.289. The predicted molar refractivity (Wildman–Crippen MR) is 52.1 cm³/mol. The van der Waals surface area contributed by atoms with Crippen LogP contribution in [-0.2, 0) is 9.53 Å². The Morgan fingerprint density at radius 1 is 1.38 bits per heavy atom. The average molecular weight is 186 g/mol. The molecule has 0 aliphatic rings. The van der Waals surface area contributed by atoms with E-state index in [4.69, 9.17) is 16.2 Å². The summed E-state index contributed by atoms with van der Waals surface area (Å²) in [7, 11) is 0. The van der Waals surface area contributed by atoms with Gasteiger partial charge in [-0.2, -0.15) is 0 Å². The minimum Gasteiger partial charge on any atom is -0.461 e. The van der Waals surface area contributed by atoms with Gasteiger partial charge >= 0.3 is 5.97 Å². The topological polar surface area (TPSA) is 78.3 Å². The second kappa shape index (κ2) is 7.76. The first kappa shape index (κ1) is 12.1. The Morgan fingerprint density at radius 2 is 2.08 bits per heavy atom. The third-order valence-electron chi connectivity index (χ3n) is 1.53. The zero-order valence-corrected chi connectivity index (χ0v) is 8.08. The van der Waals surface area contributed by atoms with Gasteiger partial charge in [0.25, 0.3) is 0 Å².